The first-order valence-electron chi connectivity index (χ1n) is 5.23. The maximum atomic E-state index is 11.4. The number of nitrogens with one attached hydrogen (secondary N) is 1. The summed E-state index contributed by atoms with van der Waals surface area (Å²) in [6.07, 6.45) is -3.11. The predicted octanol–water partition coefficient (Wildman–Crippen LogP) is -0.842. The molecule has 0 spiro atoms. The number of amides is 1. The molecule has 0 aliphatic carbocycles. The van der Waals surface area contributed by atoms with E-state index in [9.17, 15) is 14.7 Å². The van der Waals surface area contributed by atoms with E-state index < -0.39 is 42.5 Å². The number of carbonyl (C=O) groups is 2. The molecule has 1 saturated heterocycles. The highest BCUT2D eigenvalue weighted by Crippen LogP contribution is 2.16. The molecule has 0 aromatic heterocycles. The molecule has 1 fully saturated rings. The van der Waals surface area contributed by atoms with Crippen molar-refractivity contribution in [2.24, 2.45) is 0 Å². The van der Waals surface area contributed by atoms with Crippen LogP contribution in [0.5, 0.6) is 0 Å². The third-order valence-corrected chi connectivity index (χ3v) is 2.10. The van der Waals surface area contributed by atoms with Crippen molar-refractivity contribution in [1.82, 2.24) is 5.32 Å². The van der Waals surface area contributed by atoms with Crippen molar-refractivity contribution in [2.75, 3.05) is 6.61 Å². The molecule has 1 aliphatic rings. The minimum absolute atomic E-state index is 0.501. The first-order chi connectivity index (χ1) is 7.74. The van der Waals surface area contributed by atoms with Crippen molar-refractivity contribution in [3.05, 3.63) is 0 Å². The zero-order valence-electron chi connectivity index (χ0n) is 9.97. The number of esters is 1. The monoisotopic (exact) mass is 247 g/mol. The number of ether oxygens (including phenoxy) is 2. The van der Waals surface area contributed by atoms with Crippen molar-refractivity contribution < 1.29 is 29.3 Å². The van der Waals surface area contributed by atoms with Crippen molar-refractivity contribution in [3.63, 3.8) is 0 Å². The van der Waals surface area contributed by atoms with Gasteiger partial charge in [0.2, 0.25) is 0 Å². The second kappa shape index (κ2) is 4.89. The number of carbonyl (C=O) groups excluding carboxylic acids is 2. The summed E-state index contributed by atoms with van der Waals surface area (Å²) >= 11 is 0. The Hall–Kier alpha value is -1.34. The molecule has 3 atom stereocenters. The van der Waals surface area contributed by atoms with E-state index in [0.29, 0.717) is 0 Å². The average molecular weight is 247 g/mol. The standard InChI is InChI=1S/C10H17NO6/c1-10(2,3)17-9(15)11-6-7(13)5(4-12)16-8(6)14/h5-7,12-13H,4H2,1-3H3,(H,11,15)/t5-,6?,7?/m1/s1. The molecule has 3 N–H and O–H groups in total. The average Bonchev–Trinajstić information content (AvgIpc) is 2.42. The fourth-order valence-corrected chi connectivity index (χ4v) is 1.37. The first-order valence-corrected chi connectivity index (χ1v) is 5.23. The number of aliphatic hydroxyl groups is 2. The molecule has 1 heterocycles. The third kappa shape index (κ3) is 3.57. The van der Waals surface area contributed by atoms with E-state index in [-0.39, 0.29) is 0 Å². The minimum atomic E-state index is -1.28. The van der Waals surface area contributed by atoms with Gasteiger partial charge in [0.1, 0.15) is 11.7 Å². The van der Waals surface area contributed by atoms with Crippen LogP contribution in [0.1, 0.15) is 20.8 Å². The first kappa shape index (κ1) is 13.7. The lowest BCUT2D eigenvalue weighted by atomic mass is 10.1. The molecule has 1 rings (SSSR count). The maximum Gasteiger partial charge on any atom is 0.408 e. The highest BCUT2D eigenvalue weighted by Gasteiger charge is 2.44. The Bertz CT molecular complexity index is 310. The van der Waals surface area contributed by atoms with Gasteiger partial charge < -0.3 is 25.0 Å². The van der Waals surface area contributed by atoms with E-state index >= 15 is 0 Å². The Morgan fingerprint density at radius 2 is 2.12 bits per heavy atom. The maximum absolute atomic E-state index is 11.4. The fraction of sp³-hybridized carbons (Fsp3) is 0.800. The highest BCUT2D eigenvalue weighted by molar-refractivity contribution is 5.84. The fourth-order valence-electron chi connectivity index (χ4n) is 1.37. The van der Waals surface area contributed by atoms with Crippen LogP contribution < -0.4 is 5.32 Å². The highest BCUT2D eigenvalue weighted by atomic mass is 16.6. The van der Waals surface area contributed by atoms with Crippen LogP contribution >= 0.6 is 0 Å². The van der Waals surface area contributed by atoms with Crippen LogP contribution in [-0.4, -0.2) is 52.7 Å². The molecular formula is C10H17NO6. The van der Waals surface area contributed by atoms with E-state index in [0.717, 1.165) is 0 Å². The van der Waals surface area contributed by atoms with Crippen molar-refractivity contribution in [2.45, 2.75) is 44.6 Å². The Morgan fingerprint density at radius 1 is 1.53 bits per heavy atom. The number of cyclic esters (lactones) is 1. The van der Waals surface area contributed by atoms with Crippen molar-refractivity contribution >= 4 is 12.1 Å². The van der Waals surface area contributed by atoms with Gasteiger partial charge in [-0.1, -0.05) is 0 Å². The van der Waals surface area contributed by atoms with Crippen LogP contribution in [0.15, 0.2) is 0 Å². The molecule has 7 nitrogen and oxygen atoms in total. The van der Waals surface area contributed by atoms with E-state index in [1.807, 2.05) is 0 Å². The molecule has 2 unspecified atom stereocenters. The van der Waals surface area contributed by atoms with Gasteiger partial charge in [-0.15, -0.1) is 0 Å². The zero-order valence-corrected chi connectivity index (χ0v) is 9.97. The van der Waals surface area contributed by atoms with Crippen LogP contribution in [0.3, 0.4) is 0 Å². The second-order valence-corrected chi connectivity index (χ2v) is 4.77. The van der Waals surface area contributed by atoms with Crippen molar-refractivity contribution in [3.8, 4) is 0 Å². The minimum Gasteiger partial charge on any atom is -0.455 e. The number of hydrogen-bond acceptors (Lipinski definition) is 6. The summed E-state index contributed by atoms with van der Waals surface area (Å²) in [5, 5.41) is 20.6. The van der Waals surface area contributed by atoms with Crippen LogP contribution in [0.25, 0.3) is 0 Å². The molecule has 1 aliphatic heterocycles. The lowest BCUT2D eigenvalue weighted by molar-refractivity contribution is -0.144. The van der Waals surface area contributed by atoms with Crippen LogP contribution in [0, 0.1) is 0 Å². The van der Waals surface area contributed by atoms with Crippen LogP contribution in [-0.2, 0) is 14.3 Å². The Balaban J connectivity index is 2.57. The summed E-state index contributed by atoms with van der Waals surface area (Å²) in [6.45, 7) is 4.52. The topological polar surface area (TPSA) is 105 Å². The van der Waals surface area contributed by atoms with E-state index in [1.165, 1.54) is 0 Å². The number of alkyl carbamates (subject to hydrolysis) is 1. The Kier molecular flexibility index (Phi) is 3.94. The second-order valence-electron chi connectivity index (χ2n) is 4.77. The normalized spacial score (nSPS) is 28.8. The molecule has 0 aromatic carbocycles. The quantitative estimate of drug-likeness (QED) is 0.549. The number of aliphatic hydroxyl groups excluding tert-OH is 2. The SMILES string of the molecule is CC(C)(C)OC(=O)NC1C(=O)O[C@H](CO)C1O. The van der Waals surface area contributed by atoms with Gasteiger partial charge in [0, 0.05) is 0 Å². The van der Waals surface area contributed by atoms with Crippen LogP contribution in [0.4, 0.5) is 4.79 Å². The molecule has 17 heavy (non-hydrogen) atoms. The molecule has 0 bridgehead atoms. The zero-order chi connectivity index (χ0) is 13.2. The van der Waals surface area contributed by atoms with Gasteiger partial charge in [-0.25, -0.2) is 9.59 Å². The van der Waals surface area contributed by atoms with E-state index in [4.69, 9.17) is 9.84 Å². The van der Waals surface area contributed by atoms with Crippen LogP contribution in [0.2, 0.25) is 0 Å². The summed E-state index contributed by atoms with van der Waals surface area (Å²) in [7, 11) is 0. The summed E-state index contributed by atoms with van der Waals surface area (Å²) in [6, 6.07) is -1.21. The largest absolute Gasteiger partial charge is 0.455 e. The van der Waals surface area contributed by atoms with Gasteiger partial charge in [0.25, 0.3) is 0 Å². The summed E-state index contributed by atoms with van der Waals surface area (Å²) in [5.74, 6) is -0.789. The van der Waals surface area contributed by atoms with Gasteiger partial charge in [0.05, 0.1) is 6.61 Å². The summed E-state index contributed by atoms with van der Waals surface area (Å²) in [4.78, 5) is 22.7. The number of hydrogen-bond donors (Lipinski definition) is 3. The predicted molar refractivity (Wildman–Crippen MR) is 56.1 cm³/mol. The summed E-state index contributed by atoms with van der Waals surface area (Å²) in [5.41, 5.74) is -0.700. The third-order valence-electron chi connectivity index (χ3n) is 2.10. The molecule has 98 valence electrons. The Morgan fingerprint density at radius 3 is 2.53 bits per heavy atom. The molecule has 0 radical (unpaired) electrons. The summed E-state index contributed by atoms with van der Waals surface area (Å²) < 4.78 is 9.59. The molecular weight excluding hydrogens is 230 g/mol. The Labute approximate surface area is 98.7 Å². The smallest absolute Gasteiger partial charge is 0.408 e. The number of rotatable bonds is 2. The van der Waals surface area contributed by atoms with E-state index in [1.54, 1.807) is 20.8 Å². The molecule has 0 aromatic rings. The van der Waals surface area contributed by atoms with Gasteiger partial charge in [-0.3, -0.25) is 0 Å². The lowest BCUT2D eigenvalue weighted by Gasteiger charge is -2.21. The van der Waals surface area contributed by atoms with Gasteiger partial charge in [-0.05, 0) is 20.8 Å². The van der Waals surface area contributed by atoms with Gasteiger partial charge in [0.15, 0.2) is 12.1 Å². The molecule has 1 amide bonds. The van der Waals surface area contributed by atoms with E-state index in [2.05, 4.69) is 10.1 Å². The lowest BCUT2D eigenvalue weighted by Crippen LogP contribution is -2.48. The molecule has 7 heteroatoms. The van der Waals surface area contributed by atoms with Gasteiger partial charge >= 0.3 is 12.1 Å². The van der Waals surface area contributed by atoms with Gasteiger partial charge in [-0.2, -0.15) is 0 Å². The molecule has 0 saturated carbocycles. The van der Waals surface area contributed by atoms with Crippen molar-refractivity contribution in [1.29, 1.82) is 0 Å².